The third kappa shape index (κ3) is 3.79. The molecule has 0 atom stereocenters. The van der Waals surface area contributed by atoms with Gasteiger partial charge in [-0.15, -0.1) is 0 Å². The molecular formula is C35H27N. The Labute approximate surface area is 212 Å². The average molecular weight is 462 g/mol. The number of hydrogen-bond donors (Lipinski definition) is 0. The Bertz CT molecular complexity index is 1710. The summed E-state index contributed by atoms with van der Waals surface area (Å²) >= 11 is 0. The van der Waals surface area contributed by atoms with E-state index in [9.17, 15) is 0 Å². The van der Waals surface area contributed by atoms with E-state index >= 15 is 0 Å². The number of rotatable bonds is 4. The molecule has 0 aliphatic rings. The van der Waals surface area contributed by atoms with Crippen LogP contribution in [0.5, 0.6) is 0 Å². The number of nitrogens with zero attached hydrogens (tertiary/aromatic N) is 1. The number of aliphatic imine (C=N–C) groups is 1. The molecule has 0 saturated carbocycles. The van der Waals surface area contributed by atoms with Gasteiger partial charge in [-0.1, -0.05) is 115 Å². The van der Waals surface area contributed by atoms with Gasteiger partial charge in [0.1, 0.15) is 0 Å². The molecule has 1 heteroatoms. The molecule has 0 fully saturated rings. The molecule has 0 saturated heterocycles. The van der Waals surface area contributed by atoms with E-state index in [4.69, 9.17) is 0 Å². The van der Waals surface area contributed by atoms with Gasteiger partial charge < -0.3 is 0 Å². The van der Waals surface area contributed by atoms with Gasteiger partial charge in [-0.2, -0.15) is 0 Å². The molecule has 0 radical (unpaired) electrons. The molecule has 6 aromatic rings. The largest absolute Gasteiger partial charge is 0.296 e. The van der Waals surface area contributed by atoms with Crippen molar-refractivity contribution in [1.29, 1.82) is 0 Å². The summed E-state index contributed by atoms with van der Waals surface area (Å²) in [6, 6.07) is 43.8. The van der Waals surface area contributed by atoms with Gasteiger partial charge in [-0.05, 0) is 74.0 Å². The van der Waals surface area contributed by atoms with E-state index in [-0.39, 0.29) is 0 Å². The van der Waals surface area contributed by atoms with Crippen molar-refractivity contribution < 1.29 is 0 Å². The van der Waals surface area contributed by atoms with Crippen LogP contribution in [0.1, 0.15) is 11.1 Å². The number of aryl methyl sites for hydroxylation is 1. The lowest BCUT2D eigenvalue weighted by atomic mass is 9.83. The van der Waals surface area contributed by atoms with Crippen LogP contribution in [0.3, 0.4) is 0 Å². The normalized spacial score (nSPS) is 11.5. The summed E-state index contributed by atoms with van der Waals surface area (Å²) in [5.74, 6) is 0. The third-order valence-electron chi connectivity index (χ3n) is 6.96. The topological polar surface area (TPSA) is 12.4 Å². The Hall–Kier alpha value is -4.49. The SMILES string of the molecule is CN=Cc1c(-c2ccccc2)c2c(-c3ccc(C)cc3)cc(-c3ccccc3)cc2c2ccccc12. The van der Waals surface area contributed by atoms with E-state index in [1.165, 1.54) is 60.5 Å². The minimum absolute atomic E-state index is 1.16. The smallest absolute Gasteiger partial charge is 0.0294 e. The predicted octanol–water partition coefficient (Wildman–Crippen LogP) is 9.35. The Morgan fingerprint density at radius 2 is 1.14 bits per heavy atom. The minimum atomic E-state index is 1.16. The maximum absolute atomic E-state index is 4.50. The van der Waals surface area contributed by atoms with E-state index in [1.807, 2.05) is 13.3 Å². The van der Waals surface area contributed by atoms with Crippen molar-refractivity contribution in [2.24, 2.45) is 4.99 Å². The molecule has 0 aromatic heterocycles. The first-order valence-electron chi connectivity index (χ1n) is 12.4. The molecule has 6 rings (SSSR count). The summed E-state index contributed by atoms with van der Waals surface area (Å²) in [4.78, 5) is 4.50. The minimum Gasteiger partial charge on any atom is -0.296 e. The average Bonchev–Trinajstić information content (AvgIpc) is 2.94. The van der Waals surface area contributed by atoms with Crippen LogP contribution < -0.4 is 0 Å². The summed E-state index contributed by atoms with van der Waals surface area (Å²) in [5, 5.41) is 4.98. The highest BCUT2D eigenvalue weighted by molar-refractivity contribution is 6.25. The Balaban J connectivity index is 1.87. The quantitative estimate of drug-likeness (QED) is 0.183. The van der Waals surface area contributed by atoms with Crippen LogP contribution in [-0.2, 0) is 0 Å². The fourth-order valence-corrected chi connectivity index (χ4v) is 5.27. The Morgan fingerprint density at radius 1 is 0.528 bits per heavy atom. The van der Waals surface area contributed by atoms with Gasteiger partial charge in [0.2, 0.25) is 0 Å². The van der Waals surface area contributed by atoms with E-state index in [0.29, 0.717) is 0 Å². The van der Waals surface area contributed by atoms with Gasteiger partial charge in [0.25, 0.3) is 0 Å². The van der Waals surface area contributed by atoms with Crippen LogP contribution in [0.4, 0.5) is 0 Å². The molecule has 0 spiro atoms. The first-order valence-corrected chi connectivity index (χ1v) is 12.4. The van der Waals surface area contributed by atoms with Crippen LogP contribution in [0, 0.1) is 6.92 Å². The zero-order valence-electron chi connectivity index (χ0n) is 20.6. The summed E-state index contributed by atoms with van der Waals surface area (Å²) in [6.07, 6.45) is 2.02. The lowest BCUT2D eigenvalue weighted by Gasteiger charge is -2.20. The van der Waals surface area contributed by atoms with Gasteiger partial charge in [0.05, 0.1) is 0 Å². The molecule has 0 N–H and O–H groups in total. The molecule has 36 heavy (non-hydrogen) atoms. The first kappa shape index (κ1) is 22.0. The fraction of sp³-hybridized carbons (Fsp3) is 0.0571. The molecular weight excluding hydrogens is 434 g/mol. The van der Waals surface area contributed by atoms with Crippen LogP contribution in [0.15, 0.2) is 126 Å². The van der Waals surface area contributed by atoms with E-state index in [1.54, 1.807) is 0 Å². The number of benzene rings is 6. The van der Waals surface area contributed by atoms with Gasteiger partial charge in [0.15, 0.2) is 0 Å². The monoisotopic (exact) mass is 461 g/mol. The highest BCUT2D eigenvalue weighted by Gasteiger charge is 2.19. The van der Waals surface area contributed by atoms with Gasteiger partial charge in [-0.3, -0.25) is 4.99 Å². The van der Waals surface area contributed by atoms with E-state index in [0.717, 1.165) is 5.56 Å². The Morgan fingerprint density at radius 3 is 1.81 bits per heavy atom. The zero-order valence-corrected chi connectivity index (χ0v) is 20.6. The maximum Gasteiger partial charge on any atom is 0.0294 e. The second-order valence-corrected chi connectivity index (χ2v) is 9.27. The lowest BCUT2D eigenvalue weighted by Crippen LogP contribution is -1.97. The molecule has 0 unspecified atom stereocenters. The van der Waals surface area contributed by atoms with Crippen molar-refractivity contribution in [3.63, 3.8) is 0 Å². The van der Waals surface area contributed by atoms with Crippen molar-refractivity contribution in [2.45, 2.75) is 6.92 Å². The second kappa shape index (κ2) is 9.28. The number of hydrogen-bond acceptors (Lipinski definition) is 1. The molecule has 172 valence electrons. The molecule has 0 amide bonds. The highest BCUT2D eigenvalue weighted by atomic mass is 14.6. The summed E-state index contributed by atoms with van der Waals surface area (Å²) in [7, 11) is 1.85. The third-order valence-corrected chi connectivity index (χ3v) is 6.96. The standard InChI is InChI=1S/C35H27N/c1-24-17-19-26(20-18-24)31-21-28(25-11-5-3-6-12-25)22-32-29-15-9-10-16-30(29)33(23-36-2)34(35(31)32)27-13-7-4-8-14-27/h3-23H,1-2H3. The highest BCUT2D eigenvalue weighted by Crippen LogP contribution is 2.45. The second-order valence-electron chi connectivity index (χ2n) is 9.27. The number of fused-ring (bicyclic) bond motifs is 3. The van der Waals surface area contributed by atoms with Crippen molar-refractivity contribution >= 4 is 27.8 Å². The van der Waals surface area contributed by atoms with E-state index < -0.39 is 0 Å². The molecule has 0 aliphatic heterocycles. The molecule has 6 aromatic carbocycles. The van der Waals surface area contributed by atoms with Crippen LogP contribution >= 0.6 is 0 Å². The maximum atomic E-state index is 4.50. The summed E-state index contributed by atoms with van der Waals surface area (Å²) in [5.41, 5.74) is 9.74. The van der Waals surface area contributed by atoms with Gasteiger partial charge in [0, 0.05) is 18.8 Å². The predicted molar refractivity (Wildman–Crippen MR) is 156 cm³/mol. The van der Waals surface area contributed by atoms with Crippen molar-refractivity contribution in [2.75, 3.05) is 7.05 Å². The van der Waals surface area contributed by atoms with Crippen LogP contribution in [0.25, 0.3) is 54.9 Å². The molecule has 0 bridgehead atoms. The molecule has 0 aliphatic carbocycles. The van der Waals surface area contributed by atoms with Gasteiger partial charge >= 0.3 is 0 Å². The zero-order chi connectivity index (χ0) is 24.5. The molecule has 0 heterocycles. The van der Waals surface area contributed by atoms with Crippen LogP contribution in [0.2, 0.25) is 0 Å². The fourth-order valence-electron chi connectivity index (χ4n) is 5.27. The Kier molecular flexibility index (Phi) is 5.67. The van der Waals surface area contributed by atoms with Crippen molar-refractivity contribution in [1.82, 2.24) is 0 Å². The molecule has 1 nitrogen and oxygen atoms in total. The van der Waals surface area contributed by atoms with Crippen molar-refractivity contribution in [3.05, 3.63) is 132 Å². The summed E-state index contributed by atoms with van der Waals surface area (Å²) in [6.45, 7) is 2.14. The first-order chi connectivity index (χ1) is 17.7. The van der Waals surface area contributed by atoms with Gasteiger partial charge in [-0.25, -0.2) is 0 Å². The van der Waals surface area contributed by atoms with E-state index in [2.05, 4.69) is 133 Å². The lowest BCUT2D eigenvalue weighted by molar-refractivity contribution is 1.47. The summed E-state index contributed by atoms with van der Waals surface area (Å²) < 4.78 is 0. The van der Waals surface area contributed by atoms with Crippen molar-refractivity contribution in [3.8, 4) is 33.4 Å². The van der Waals surface area contributed by atoms with Crippen LogP contribution in [-0.4, -0.2) is 13.3 Å².